The Morgan fingerprint density at radius 1 is 1.27 bits per heavy atom. The fraction of sp³-hybridized carbons (Fsp3) is 1.00. The third-order valence-electron chi connectivity index (χ3n) is 1.88. The first-order valence-corrected chi connectivity index (χ1v) is 5.71. The van der Waals surface area contributed by atoms with E-state index in [9.17, 15) is 8.42 Å². The Labute approximate surface area is 72.9 Å². The van der Waals surface area contributed by atoms with Gasteiger partial charge >= 0.3 is 0 Å². The molecule has 0 fully saturated rings. The quantitative estimate of drug-likeness (QED) is 0.646. The van der Waals surface area contributed by atoms with Gasteiger partial charge in [0.05, 0.1) is 0 Å². The summed E-state index contributed by atoms with van der Waals surface area (Å²) in [6.45, 7) is 5.72. The standard InChI is InChI=1S/C6H14ClNO2S/c1-5(2)6(3)8(4)11(7,9)10/h5-6H,1-4H3. The van der Waals surface area contributed by atoms with Gasteiger partial charge < -0.3 is 0 Å². The molecule has 3 nitrogen and oxygen atoms in total. The van der Waals surface area contributed by atoms with E-state index in [0.717, 1.165) is 0 Å². The molecule has 0 heterocycles. The molecule has 0 rings (SSSR count). The van der Waals surface area contributed by atoms with Gasteiger partial charge in [-0.2, -0.15) is 12.7 Å². The molecule has 0 aromatic heterocycles. The summed E-state index contributed by atoms with van der Waals surface area (Å²) in [6.07, 6.45) is 0. The van der Waals surface area contributed by atoms with Gasteiger partial charge in [0.1, 0.15) is 0 Å². The molecular formula is C6H14ClNO2S. The summed E-state index contributed by atoms with van der Waals surface area (Å²) in [5, 5.41) is 0. The van der Waals surface area contributed by atoms with Crippen LogP contribution in [0.3, 0.4) is 0 Å². The van der Waals surface area contributed by atoms with Gasteiger partial charge in [0.15, 0.2) is 0 Å². The molecule has 5 heteroatoms. The molecule has 0 aromatic rings. The van der Waals surface area contributed by atoms with E-state index in [1.54, 1.807) is 0 Å². The fourth-order valence-electron chi connectivity index (χ4n) is 0.618. The van der Waals surface area contributed by atoms with Crippen LogP contribution in [0.4, 0.5) is 0 Å². The Bertz CT molecular complexity index is 213. The molecule has 0 aliphatic rings. The van der Waals surface area contributed by atoms with E-state index in [4.69, 9.17) is 10.7 Å². The monoisotopic (exact) mass is 199 g/mol. The second kappa shape index (κ2) is 3.74. The van der Waals surface area contributed by atoms with E-state index in [1.807, 2.05) is 20.8 Å². The maximum Gasteiger partial charge on any atom is 0.299 e. The van der Waals surface area contributed by atoms with Crippen LogP contribution in [0.25, 0.3) is 0 Å². The van der Waals surface area contributed by atoms with Crippen molar-refractivity contribution in [3.63, 3.8) is 0 Å². The highest BCUT2D eigenvalue weighted by Gasteiger charge is 2.22. The molecule has 1 atom stereocenters. The average molecular weight is 200 g/mol. The Balaban J connectivity index is 4.38. The molecule has 0 aliphatic carbocycles. The highest BCUT2D eigenvalue weighted by atomic mass is 35.7. The molecule has 0 radical (unpaired) electrons. The van der Waals surface area contributed by atoms with Gasteiger partial charge in [0.2, 0.25) is 0 Å². The van der Waals surface area contributed by atoms with Crippen molar-refractivity contribution in [3.05, 3.63) is 0 Å². The summed E-state index contributed by atoms with van der Waals surface area (Å²) >= 11 is 0. The number of halogens is 1. The maximum absolute atomic E-state index is 10.8. The molecular weight excluding hydrogens is 186 g/mol. The van der Waals surface area contributed by atoms with Crippen LogP contribution in [-0.4, -0.2) is 25.8 Å². The Hall–Kier alpha value is 0.200. The van der Waals surface area contributed by atoms with E-state index in [-0.39, 0.29) is 12.0 Å². The first kappa shape index (κ1) is 11.2. The molecule has 0 bridgehead atoms. The van der Waals surface area contributed by atoms with Crippen molar-refractivity contribution in [1.82, 2.24) is 4.31 Å². The van der Waals surface area contributed by atoms with Crippen LogP contribution in [0, 0.1) is 5.92 Å². The van der Waals surface area contributed by atoms with Crippen molar-refractivity contribution in [2.75, 3.05) is 7.05 Å². The Kier molecular flexibility index (Phi) is 3.80. The third-order valence-corrected chi connectivity index (χ3v) is 3.56. The van der Waals surface area contributed by atoms with Gasteiger partial charge in [-0.1, -0.05) is 13.8 Å². The van der Waals surface area contributed by atoms with Gasteiger partial charge in [-0.25, -0.2) is 0 Å². The van der Waals surface area contributed by atoms with Crippen molar-refractivity contribution in [1.29, 1.82) is 0 Å². The summed E-state index contributed by atoms with van der Waals surface area (Å²) < 4.78 is 22.7. The molecule has 0 aliphatic heterocycles. The topological polar surface area (TPSA) is 37.4 Å². The first-order chi connectivity index (χ1) is 4.76. The van der Waals surface area contributed by atoms with Crippen LogP contribution in [0.1, 0.15) is 20.8 Å². The molecule has 0 saturated heterocycles. The highest BCUT2D eigenvalue weighted by molar-refractivity contribution is 8.11. The lowest BCUT2D eigenvalue weighted by Gasteiger charge is -2.23. The van der Waals surface area contributed by atoms with Gasteiger partial charge in [0, 0.05) is 23.8 Å². The minimum atomic E-state index is -3.54. The number of hydrogen-bond acceptors (Lipinski definition) is 2. The largest absolute Gasteiger partial charge is 0.299 e. The van der Waals surface area contributed by atoms with Crippen molar-refractivity contribution in [3.8, 4) is 0 Å². The summed E-state index contributed by atoms with van der Waals surface area (Å²) in [5.41, 5.74) is 0. The highest BCUT2D eigenvalue weighted by Crippen LogP contribution is 2.14. The SMILES string of the molecule is CC(C)C(C)N(C)S(=O)(=O)Cl. The van der Waals surface area contributed by atoms with Gasteiger partial charge in [-0.15, -0.1) is 0 Å². The third kappa shape index (κ3) is 3.40. The second-order valence-electron chi connectivity index (χ2n) is 2.94. The zero-order valence-corrected chi connectivity index (χ0v) is 8.78. The van der Waals surface area contributed by atoms with Crippen LogP contribution < -0.4 is 0 Å². The summed E-state index contributed by atoms with van der Waals surface area (Å²) in [5.74, 6) is 0.272. The van der Waals surface area contributed by atoms with Gasteiger partial charge in [-0.3, -0.25) is 0 Å². The second-order valence-corrected chi connectivity index (χ2v) is 5.51. The molecule has 0 N–H and O–H groups in total. The molecule has 11 heavy (non-hydrogen) atoms. The van der Waals surface area contributed by atoms with E-state index < -0.39 is 9.24 Å². The van der Waals surface area contributed by atoms with E-state index in [1.165, 1.54) is 11.4 Å². The van der Waals surface area contributed by atoms with Gasteiger partial charge in [-0.05, 0) is 12.8 Å². The average Bonchev–Trinajstić information content (AvgIpc) is 1.82. The molecule has 0 aromatic carbocycles. The lowest BCUT2D eigenvalue weighted by molar-refractivity contribution is 0.321. The van der Waals surface area contributed by atoms with Crippen LogP contribution in [0.5, 0.6) is 0 Å². The molecule has 1 unspecified atom stereocenters. The summed E-state index contributed by atoms with van der Waals surface area (Å²) in [6, 6.07) is -0.0579. The smallest absolute Gasteiger partial charge is 0.195 e. The summed E-state index contributed by atoms with van der Waals surface area (Å²) in [7, 11) is 3.06. The molecule has 0 spiro atoms. The summed E-state index contributed by atoms with van der Waals surface area (Å²) in [4.78, 5) is 0. The van der Waals surface area contributed by atoms with Crippen molar-refractivity contribution in [2.45, 2.75) is 26.8 Å². The molecule has 68 valence electrons. The number of hydrogen-bond donors (Lipinski definition) is 0. The van der Waals surface area contributed by atoms with E-state index in [2.05, 4.69) is 0 Å². The molecule has 0 saturated carbocycles. The van der Waals surface area contributed by atoms with E-state index >= 15 is 0 Å². The van der Waals surface area contributed by atoms with Crippen LogP contribution in [0.2, 0.25) is 0 Å². The van der Waals surface area contributed by atoms with Crippen molar-refractivity contribution >= 4 is 19.9 Å². The minimum absolute atomic E-state index is 0.0579. The number of nitrogens with zero attached hydrogens (tertiary/aromatic N) is 1. The Morgan fingerprint density at radius 3 is 1.73 bits per heavy atom. The first-order valence-electron chi connectivity index (χ1n) is 3.44. The zero-order chi connectivity index (χ0) is 9.23. The lowest BCUT2D eigenvalue weighted by atomic mass is 10.1. The number of rotatable bonds is 3. The minimum Gasteiger partial charge on any atom is -0.195 e. The Morgan fingerprint density at radius 2 is 1.64 bits per heavy atom. The normalized spacial score (nSPS) is 15.9. The molecule has 0 amide bonds. The predicted octanol–water partition coefficient (Wildman–Crippen LogP) is 1.45. The predicted molar refractivity (Wildman–Crippen MR) is 46.8 cm³/mol. The van der Waals surface area contributed by atoms with Crippen molar-refractivity contribution < 1.29 is 8.42 Å². The van der Waals surface area contributed by atoms with Gasteiger partial charge in [0.25, 0.3) is 9.24 Å². The fourth-order valence-corrected chi connectivity index (χ4v) is 1.64. The van der Waals surface area contributed by atoms with E-state index in [0.29, 0.717) is 0 Å². The maximum atomic E-state index is 10.8. The lowest BCUT2D eigenvalue weighted by Crippen LogP contribution is -2.35. The van der Waals surface area contributed by atoms with Crippen LogP contribution in [-0.2, 0) is 9.24 Å². The van der Waals surface area contributed by atoms with Crippen LogP contribution >= 0.6 is 10.7 Å². The van der Waals surface area contributed by atoms with Crippen LogP contribution in [0.15, 0.2) is 0 Å². The zero-order valence-electron chi connectivity index (χ0n) is 7.20. The van der Waals surface area contributed by atoms with Crippen molar-refractivity contribution in [2.24, 2.45) is 5.92 Å².